The molecular formula is C23H33NO2. The van der Waals surface area contributed by atoms with E-state index in [2.05, 4.69) is 13.8 Å². The highest BCUT2D eigenvalue weighted by Crippen LogP contribution is 2.73. The summed E-state index contributed by atoms with van der Waals surface area (Å²) in [5.74, 6) is 7.11. The lowest BCUT2D eigenvalue weighted by Crippen LogP contribution is -2.43. The number of nitrogens with zero attached hydrogens (tertiary/aromatic N) is 1. The Morgan fingerprint density at radius 3 is 1.81 bits per heavy atom. The number of likely N-dealkylation sites (tertiary alicyclic amines) is 1. The molecule has 0 radical (unpaired) electrons. The van der Waals surface area contributed by atoms with Crippen LogP contribution in [0.4, 0.5) is 0 Å². The molecule has 5 saturated carbocycles. The molecule has 5 aliphatic carbocycles. The molecule has 0 aromatic heterocycles. The van der Waals surface area contributed by atoms with Crippen molar-refractivity contribution in [1.29, 1.82) is 0 Å². The smallest absolute Gasteiger partial charge is 0.233 e. The van der Waals surface area contributed by atoms with Gasteiger partial charge in [0.1, 0.15) is 0 Å². The molecule has 4 bridgehead atoms. The van der Waals surface area contributed by atoms with E-state index < -0.39 is 0 Å². The van der Waals surface area contributed by atoms with Gasteiger partial charge in [-0.3, -0.25) is 14.5 Å². The summed E-state index contributed by atoms with van der Waals surface area (Å²) in [6.07, 6.45) is 8.89. The van der Waals surface area contributed by atoms with Crippen molar-refractivity contribution < 1.29 is 9.59 Å². The number of rotatable bonds is 2. The molecule has 0 spiro atoms. The molecule has 0 aromatic rings. The first-order valence-electron chi connectivity index (χ1n) is 11.4. The molecular weight excluding hydrogens is 322 g/mol. The van der Waals surface area contributed by atoms with Crippen LogP contribution in [-0.2, 0) is 9.59 Å². The van der Waals surface area contributed by atoms with E-state index in [1.165, 1.54) is 44.9 Å². The summed E-state index contributed by atoms with van der Waals surface area (Å²) in [7, 11) is 0. The van der Waals surface area contributed by atoms with E-state index in [0.717, 1.165) is 42.1 Å². The highest BCUT2D eigenvalue weighted by atomic mass is 16.2. The van der Waals surface area contributed by atoms with Gasteiger partial charge in [-0.05, 0) is 78.9 Å². The van der Waals surface area contributed by atoms with Gasteiger partial charge in [0, 0.05) is 6.54 Å². The highest BCUT2D eigenvalue weighted by Gasteiger charge is 2.73. The summed E-state index contributed by atoms with van der Waals surface area (Å²) < 4.78 is 0. The summed E-state index contributed by atoms with van der Waals surface area (Å²) >= 11 is 0. The van der Waals surface area contributed by atoms with E-state index in [9.17, 15) is 9.59 Å². The summed E-state index contributed by atoms with van der Waals surface area (Å²) in [4.78, 5) is 28.4. The van der Waals surface area contributed by atoms with Crippen LogP contribution >= 0.6 is 0 Å². The van der Waals surface area contributed by atoms with Gasteiger partial charge < -0.3 is 0 Å². The molecule has 10 atom stereocenters. The Morgan fingerprint density at radius 2 is 1.27 bits per heavy atom. The van der Waals surface area contributed by atoms with Crippen LogP contribution in [0.2, 0.25) is 0 Å². The molecule has 0 N–H and O–H groups in total. The van der Waals surface area contributed by atoms with Crippen LogP contribution in [0.3, 0.4) is 0 Å². The Morgan fingerprint density at radius 1 is 0.769 bits per heavy atom. The van der Waals surface area contributed by atoms with Gasteiger partial charge in [0.2, 0.25) is 11.8 Å². The highest BCUT2D eigenvalue weighted by molar-refractivity contribution is 6.06. The number of hydrogen-bond acceptors (Lipinski definition) is 2. The van der Waals surface area contributed by atoms with Crippen molar-refractivity contribution in [2.75, 3.05) is 6.54 Å². The van der Waals surface area contributed by atoms with Crippen LogP contribution in [0.25, 0.3) is 0 Å². The molecule has 10 unspecified atom stereocenters. The van der Waals surface area contributed by atoms with Gasteiger partial charge in [-0.1, -0.05) is 33.1 Å². The standard InChI is InChI=1S/C23H33NO2/c1-11-12(2)15-8-14(11)18-16-9-17(19(15)18)21-20(16)22(25)24(23(21)26)10-13-6-4-3-5-7-13/h11-21H,3-10H2,1-2H3. The molecule has 0 aromatic carbocycles. The number of carbonyl (C=O) groups excluding carboxylic acids is 2. The van der Waals surface area contributed by atoms with E-state index >= 15 is 0 Å². The SMILES string of the molecule is CC1C(C)C2CC1C1C3CC(C4C(=O)N(CC5CCCCC5)C(=O)C34)C21. The lowest BCUT2D eigenvalue weighted by Gasteiger charge is -2.43. The van der Waals surface area contributed by atoms with Crippen LogP contribution in [-0.4, -0.2) is 23.3 Å². The minimum Gasteiger partial charge on any atom is -0.282 e. The third-order valence-electron chi connectivity index (χ3n) is 10.3. The zero-order chi connectivity index (χ0) is 17.7. The predicted molar refractivity (Wildman–Crippen MR) is 98.8 cm³/mol. The minimum absolute atomic E-state index is 0.0687. The Kier molecular flexibility index (Phi) is 3.32. The van der Waals surface area contributed by atoms with E-state index in [-0.39, 0.29) is 23.7 Å². The van der Waals surface area contributed by atoms with Crippen LogP contribution in [0, 0.1) is 65.1 Å². The fourth-order valence-electron chi connectivity index (χ4n) is 9.20. The summed E-state index contributed by atoms with van der Waals surface area (Å²) in [6, 6.07) is 0. The Labute approximate surface area is 157 Å². The Hall–Kier alpha value is -0.860. The minimum atomic E-state index is 0.0687. The molecule has 142 valence electrons. The molecule has 6 rings (SSSR count). The lowest BCUT2D eigenvalue weighted by molar-refractivity contribution is -0.141. The van der Waals surface area contributed by atoms with E-state index in [1.807, 2.05) is 0 Å². The molecule has 2 amide bonds. The van der Waals surface area contributed by atoms with E-state index in [4.69, 9.17) is 0 Å². The molecule has 26 heavy (non-hydrogen) atoms. The zero-order valence-electron chi connectivity index (χ0n) is 16.3. The van der Waals surface area contributed by atoms with Crippen molar-refractivity contribution in [3.8, 4) is 0 Å². The summed E-state index contributed by atoms with van der Waals surface area (Å²) in [5, 5.41) is 0. The van der Waals surface area contributed by atoms with Gasteiger partial charge >= 0.3 is 0 Å². The molecule has 6 aliphatic rings. The number of hydrogen-bond donors (Lipinski definition) is 0. The molecule has 3 nitrogen and oxygen atoms in total. The normalized spacial score (nSPS) is 55.1. The maximum absolute atomic E-state index is 13.3. The first kappa shape index (κ1) is 16.1. The van der Waals surface area contributed by atoms with E-state index in [1.54, 1.807) is 4.90 Å². The number of fused-ring (bicyclic) bond motifs is 12. The van der Waals surface area contributed by atoms with Crippen molar-refractivity contribution >= 4 is 11.8 Å². The van der Waals surface area contributed by atoms with Gasteiger partial charge in [-0.2, -0.15) is 0 Å². The van der Waals surface area contributed by atoms with Crippen molar-refractivity contribution in [1.82, 2.24) is 4.90 Å². The molecule has 3 heteroatoms. The van der Waals surface area contributed by atoms with Crippen molar-refractivity contribution in [3.05, 3.63) is 0 Å². The maximum Gasteiger partial charge on any atom is 0.233 e. The largest absolute Gasteiger partial charge is 0.282 e. The van der Waals surface area contributed by atoms with Crippen molar-refractivity contribution in [2.45, 2.75) is 58.8 Å². The van der Waals surface area contributed by atoms with Gasteiger partial charge in [-0.15, -0.1) is 0 Å². The quantitative estimate of drug-likeness (QED) is 0.555. The molecule has 1 heterocycles. The summed E-state index contributed by atoms with van der Waals surface area (Å²) in [6.45, 7) is 5.64. The lowest BCUT2D eigenvalue weighted by atomic mass is 9.60. The van der Waals surface area contributed by atoms with Gasteiger partial charge in [-0.25, -0.2) is 0 Å². The predicted octanol–water partition coefficient (Wildman–Crippen LogP) is 3.97. The van der Waals surface area contributed by atoms with Crippen molar-refractivity contribution in [3.63, 3.8) is 0 Å². The van der Waals surface area contributed by atoms with Crippen LogP contribution in [0.1, 0.15) is 58.8 Å². The van der Waals surface area contributed by atoms with E-state index in [0.29, 0.717) is 17.8 Å². The second kappa shape index (κ2) is 5.35. The van der Waals surface area contributed by atoms with Crippen LogP contribution in [0.15, 0.2) is 0 Å². The summed E-state index contributed by atoms with van der Waals surface area (Å²) in [5.41, 5.74) is 0. The monoisotopic (exact) mass is 355 g/mol. The van der Waals surface area contributed by atoms with Gasteiger partial charge in [0.05, 0.1) is 11.8 Å². The first-order valence-corrected chi connectivity index (χ1v) is 11.4. The topological polar surface area (TPSA) is 37.4 Å². The zero-order valence-corrected chi connectivity index (χ0v) is 16.3. The average Bonchev–Trinajstić information content (AvgIpc) is 3.40. The van der Waals surface area contributed by atoms with Crippen LogP contribution in [0.5, 0.6) is 0 Å². The van der Waals surface area contributed by atoms with Crippen molar-refractivity contribution in [2.24, 2.45) is 65.1 Å². The average molecular weight is 356 g/mol. The van der Waals surface area contributed by atoms with Crippen LogP contribution < -0.4 is 0 Å². The Bertz CT molecular complexity index is 609. The van der Waals surface area contributed by atoms with Gasteiger partial charge in [0.15, 0.2) is 0 Å². The Balaban J connectivity index is 1.28. The maximum atomic E-state index is 13.3. The fourth-order valence-corrected chi connectivity index (χ4v) is 9.20. The molecule has 6 fully saturated rings. The number of carbonyl (C=O) groups is 2. The first-order chi connectivity index (χ1) is 12.6. The van der Waals surface area contributed by atoms with Gasteiger partial charge in [0.25, 0.3) is 0 Å². The third-order valence-corrected chi connectivity index (χ3v) is 10.3. The molecule has 1 saturated heterocycles. The second-order valence-electron chi connectivity index (χ2n) is 10.8. The second-order valence-corrected chi connectivity index (χ2v) is 10.8. The fraction of sp³-hybridized carbons (Fsp3) is 0.913. The number of amides is 2. The molecule has 1 aliphatic heterocycles. The number of imide groups is 1. The third kappa shape index (κ3) is 1.81.